The molecule has 1 N–H and O–H groups in total. The highest BCUT2D eigenvalue weighted by atomic mass is 14.7. The van der Waals surface area contributed by atoms with E-state index in [2.05, 4.69) is 44.0 Å². The van der Waals surface area contributed by atoms with Gasteiger partial charge in [-0.25, -0.2) is 0 Å². The third kappa shape index (κ3) is 1.15. The van der Waals surface area contributed by atoms with Gasteiger partial charge < -0.3 is 4.98 Å². The summed E-state index contributed by atoms with van der Waals surface area (Å²) in [4.78, 5) is 3.45. The first-order valence-corrected chi connectivity index (χ1v) is 4.80. The van der Waals surface area contributed by atoms with Gasteiger partial charge in [0.05, 0.1) is 0 Å². The number of aromatic amines is 1. The van der Waals surface area contributed by atoms with Crippen LogP contribution in [0.2, 0.25) is 0 Å². The minimum atomic E-state index is 1.08. The SMILES string of the molecule is CCc1[nH]c2cccc(C)c2c1C. The molecule has 0 spiro atoms. The fourth-order valence-corrected chi connectivity index (χ4v) is 2.03. The van der Waals surface area contributed by atoms with Gasteiger partial charge in [0.25, 0.3) is 0 Å². The fourth-order valence-electron chi connectivity index (χ4n) is 2.03. The van der Waals surface area contributed by atoms with Crippen LogP contribution in [0.5, 0.6) is 0 Å². The molecule has 0 atom stereocenters. The molecule has 0 unspecified atom stereocenters. The molecule has 1 nitrogen and oxygen atoms in total. The van der Waals surface area contributed by atoms with Gasteiger partial charge in [0, 0.05) is 16.6 Å². The summed E-state index contributed by atoms with van der Waals surface area (Å²) in [6, 6.07) is 6.42. The second kappa shape index (κ2) is 2.91. The van der Waals surface area contributed by atoms with Crippen molar-refractivity contribution in [3.05, 3.63) is 35.0 Å². The highest BCUT2D eigenvalue weighted by Gasteiger charge is 2.06. The predicted octanol–water partition coefficient (Wildman–Crippen LogP) is 3.35. The predicted molar refractivity (Wildman–Crippen MR) is 57.2 cm³/mol. The second-order valence-electron chi connectivity index (χ2n) is 3.58. The quantitative estimate of drug-likeness (QED) is 0.680. The molecule has 0 saturated heterocycles. The topological polar surface area (TPSA) is 15.8 Å². The monoisotopic (exact) mass is 173 g/mol. The number of hydrogen-bond acceptors (Lipinski definition) is 0. The van der Waals surface area contributed by atoms with E-state index in [0.29, 0.717) is 0 Å². The molecule has 0 amide bonds. The molecule has 0 aliphatic heterocycles. The number of hydrogen-bond donors (Lipinski definition) is 1. The van der Waals surface area contributed by atoms with E-state index in [1.807, 2.05) is 0 Å². The summed E-state index contributed by atoms with van der Waals surface area (Å²) < 4.78 is 0. The Hall–Kier alpha value is -1.24. The molecule has 2 aromatic rings. The van der Waals surface area contributed by atoms with Crippen LogP contribution in [-0.2, 0) is 6.42 Å². The number of aryl methyl sites for hydroxylation is 3. The molecular weight excluding hydrogens is 158 g/mol. The number of rotatable bonds is 1. The van der Waals surface area contributed by atoms with Gasteiger partial charge in [-0.2, -0.15) is 0 Å². The lowest BCUT2D eigenvalue weighted by atomic mass is 10.1. The van der Waals surface area contributed by atoms with E-state index in [9.17, 15) is 0 Å². The summed E-state index contributed by atoms with van der Waals surface area (Å²) in [5.74, 6) is 0. The molecule has 0 bridgehead atoms. The highest BCUT2D eigenvalue weighted by Crippen LogP contribution is 2.24. The smallest absolute Gasteiger partial charge is 0.0461 e. The van der Waals surface area contributed by atoms with Gasteiger partial charge in [-0.3, -0.25) is 0 Å². The van der Waals surface area contributed by atoms with Gasteiger partial charge in [-0.1, -0.05) is 19.1 Å². The lowest BCUT2D eigenvalue weighted by Crippen LogP contribution is -1.81. The molecule has 0 radical (unpaired) electrons. The van der Waals surface area contributed by atoms with Crippen molar-refractivity contribution in [2.75, 3.05) is 0 Å². The fraction of sp³-hybridized carbons (Fsp3) is 0.333. The van der Waals surface area contributed by atoms with Crippen molar-refractivity contribution >= 4 is 10.9 Å². The zero-order valence-corrected chi connectivity index (χ0v) is 8.44. The first kappa shape index (κ1) is 8.36. The van der Waals surface area contributed by atoms with Crippen molar-refractivity contribution in [3.8, 4) is 0 Å². The molecule has 0 aliphatic carbocycles. The van der Waals surface area contributed by atoms with Gasteiger partial charge >= 0.3 is 0 Å². The Morgan fingerprint density at radius 3 is 2.62 bits per heavy atom. The van der Waals surface area contributed by atoms with Crippen molar-refractivity contribution < 1.29 is 0 Å². The maximum absolute atomic E-state index is 3.45. The molecule has 0 saturated carbocycles. The number of nitrogens with one attached hydrogen (secondary N) is 1. The zero-order valence-electron chi connectivity index (χ0n) is 8.44. The van der Waals surface area contributed by atoms with Crippen LogP contribution >= 0.6 is 0 Å². The Balaban J connectivity index is 2.85. The van der Waals surface area contributed by atoms with Crippen LogP contribution in [0.3, 0.4) is 0 Å². The third-order valence-corrected chi connectivity index (χ3v) is 2.74. The summed E-state index contributed by atoms with van der Waals surface area (Å²) in [5, 5.41) is 1.40. The maximum atomic E-state index is 3.45. The lowest BCUT2D eigenvalue weighted by molar-refractivity contribution is 1.05. The largest absolute Gasteiger partial charge is 0.358 e. The number of aromatic nitrogens is 1. The Kier molecular flexibility index (Phi) is 1.87. The van der Waals surface area contributed by atoms with Crippen LogP contribution in [0.4, 0.5) is 0 Å². The van der Waals surface area contributed by atoms with Gasteiger partial charge in [0.1, 0.15) is 0 Å². The maximum Gasteiger partial charge on any atom is 0.0461 e. The lowest BCUT2D eigenvalue weighted by Gasteiger charge is -1.96. The normalized spacial score (nSPS) is 11.0. The molecule has 1 heterocycles. The van der Waals surface area contributed by atoms with E-state index in [1.165, 1.54) is 27.7 Å². The minimum Gasteiger partial charge on any atom is -0.358 e. The van der Waals surface area contributed by atoms with Crippen molar-refractivity contribution in [1.29, 1.82) is 0 Å². The molecule has 13 heavy (non-hydrogen) atoms. The van der Waals surface area contributed by atoms with Gasteiger partial charge in [0.2, 0.25) is 0 Å². The van der Waals surface area contributed by atoms with E-state index in [-0.39, 0.29) is 0 Å². The summed E-state index contributed by atoms with van der Waals surface area (Å²) in [7, 11) is 0. The third-order valence-electron chi connectivity index (χ3n) is 2.74. The molecule has 2 rings (SSSR count). The Bertz CT molecular complexity index is 438. The summed E-state index contributed by atoms with van der Waals surface area (Å²) >= 11 is 0. The molecule has 0 fully saturated rings. The molecule has 1 heteroatoms. The van der Waals surface area contributed by atoms with E-state index in [1.54, 1.807) is 0 Å². The molecular formula is C12H15N. The standard InChI is InChI=1S/C12H15N/c1-4-10-9(3)12-8(2)6-5-7-11(12)13-10/h5-7,13H,4H2,1-3H3. The van der Waals surface area contributed by atoms with Gasteiger partial charge in [-0.05, 0) is 37.5 Å². The van der Waals surface area contributed by atoms with E-state index in [0.717, 1.165) is 6.42 Å². The molecule has 68 valence electrons. The molecule has 1 aromatic heterocycles. The molecule has 1 aromatic carbocycles. The van der Waals surface area contributed by atoms with Crippen LogP contribution < -0.4 is 0 Å². The first-order chi connectivity index (χ1) is 6.24. The van der Waals surface area contributed by atoms with Gasteiger partial charge in [-0.15, -0.1) is 0 Å². The van der Waals surface area contributed by atoms with Gasteiger partial charge in [0.15, 0.2) is 0 Å². The Morgan fingerprint density at radius 1 is 1.23 bits per heavy atom. The van der Waals surface area contributed by atoms with Crippen LogP contribution in [0.1, 0.15) is 23.7 Å². The van der Waals surface area contributed by atoms with Crippen LogP contribution in [0.25, 0.3) is 10.9 Å². The second-order valence-corrected chi connectivity index (χ2v) is 3.58. The summed E-state index contributed by atoms with van der Waals surface area (Å²) in [5.41, 5.74) is 5.42. The summed E-state index contributed by atoms with van der Waals surface area (Å²) in [6.07, 6.45) is 1.08. The Morgan fingerprint density at radius 2 is 2.00 bits per heavy atom. The van der Waals surface area contributed by atoms with Crippen LogP contribution in [-0.4, -0.2) is 4.98 Å². The van der Waals surface area contributed by atoms with Crippen molar-refractivity contribution in [3.63, 3.8) is 0 Å². The zero-order chi connectivity index (χ0) is 9.42. The average Bonchev–Trinajstić information content (AvgIpc) is 2.44. The summed E-state index contributed by atoms with van der Waals surface area (Å²) in [6.45, 7) is 6.56. The first-order valence-electron chi connectivity index (χ1n) is 4.80. The Labute approximate surface area is 78.8 Å². The van der Waals surface area contributed by atoms with E-state index < -0.39 is 0 Å². The average molecular weight is 173 g/mol. The highest BCUT2D eigenvalue weighted by molar-refractivity contribution is 5.87. The van der Waals surface area contributed by atoms with Crippen molar-refractivity contribution in [2.24, 2.45) is 0 Å². The van der Waals surface area contributed by atoms with Crippen LogP contribution in [0.15, 0.2) is 18.2 Å². The number of fused-ring (bicyclic) bond motifs is 1. The van der Waals surface area contributed by atoms with E-state index in [4.69, 9.17) is 0 Å². The molecule has 0 aliphatic rings. The number of H-pyrrole nitrogens is 1. The van der Waals surface area contributed by atoms with Crippen molar-refractivity contribution in [2.45, 2.75) is 27.2 Å². The number of benzene rings is 1. The van der Waals surface area contributed by atoms with Crippen LogP contribution in [0, 0.1) is 13.8 Å². The van der Waals surface area contributed by atoms with Crippen molar-refractivity contribution in [1.82, 2.24) is 4.98 Å². The minimum absolute atomic E-state index is 1.08. The van der Waals surface area contributed by atoms with E-state index >= 15 is 0 Å².